The highest BCUT2D eigenvalue weighted by Crippen LogP contribution is 2.46. The van der Waals surface area contributed by atoms with Gasteiger partial charge in [0.15, 0.2) is 0 Å². The number of hydrogen-bond donors (Lipinski definition) is 2. The predicted octanol–water partition coefficient (Wildman–Crippen LogP) is 7.52. The molecule has 4 aromatic rings. The molecule has 1 atom stereocenters. The summed E-state index contributed by atoms with van der Waals surface area (Å²) in [6.45, 7) is 8.72. The van der Waals surface area contributed by atoms with E-state index in [1.165, 1.54) is 17.8 Å². The summed E-state index contributed by atoms with van der Waals surface area (Å²) in [7, 11) is 0. The van der Waals surface area contributed by atoms with Gasteiger partial charge in [0.2, 0.25) is 0 Å². The third kappa shape index (κ3) is 6.92. The Kier molecular flexibility index (Phi) is 9.50. The second-order valence-electron chi connectivity index (χ2n) is 13.9. The van der Waals surface area contributed by atoms with Crippen molar-refractivity contribution in [2.75, 3.05) is 36.4 Å². The number of ether oxygens (including phenoxy) is 1. The van der Waals surface area contributed by atoms with E-state index < -0.39 is 5.54 Å². The van der Waals surface area contributed by atoms with Gasteiger partial charge in [-0.3, -0.25) is 19.4 Å². The topological polar surface area (TPSA) is 131 Å². The normalized spacial score (nSPS) is 18.3. The summed E-state index contributed by atoms with van der Waals surface area (Å²) in [5.41, 5.74) is 2.29. The van der Waals surface area contributed by atoms with Crippen LogP contribution >= 0.6 is 11.3 Å². The molecule has 3 aliphatic rings. The van der Waals surface area contributed by atoms with Crippen molar-refractivity contribution in [1.82, 2.24) is 20.1 Å². The summed E-state index contributed by atoms with van der Waals surface area (Å²) < 4.78 is 6.00. The number of carbonyl (C=O) groups is 3. The Hall–Kier alpha value is -5.25. The highest BCUT2D eigenvalue weighted by atomic mass is 32.1. The number of nitrogens with zero attached hydrogens (tertiary/aromatic N) is 5. The van der Waals surface area contributed by atoms with E-state index in [1.54, 1.807) is 28.1 Å². The Labute approximate surface area is 301 Å². The van der Waals surface area contributed by atoms with Crippen LogP contribution in [-0.2, 0) is 4.79 Å². The number of piperidine rings is 2. The van der Waals surface area contributed by atoms with Crippen LogP contribution in [0.4, 0.5) is 21.9 Å². The molecule has 2 N–H and O–H groups in total. The standard InChI is InChI=1S/C39H41N7O4S/c1-25-21-29(50-28-12-6-4-7-13-28)14-15-30(25)46-31-16-17-41-36-32(31)33(43-38(46)49)34(51-36)35(47)42-27-11-10-18-44(24-27)37(48)26(23-40)22-39(2,3)45-19-8-5-9-20-45/h4,6-7,12-17,21-22,27H,5,8-11,18-20,24H2,1-3H3,(H,42,47)(H,43,49). The molecule has 3 aliphatic heterocycles. The van der Waals surface area contributed by atoms with Crippen LogP contribution in [0, 0.1) is 18.3 Å². The van der Waals surface area contributed by atoms with Crippen LogP contribution in [0.2, 0.25) is 0 Å². The molecule has 2 aromatic heterocycles. The minimum Gasteiger partial charge on any atom is -0.457 e. The highest BCUT2D eigenvalue weighted by molar-refractivity contribution is 7.21. The number of amides is 4. The predicted molar refractivity (Wildman–Crippen MR) is 199 cm³/mol. The van der Waals surface area contributed by atoms with Gasteiger partial charge in [-0.15, -0.1) is 11.3 Å². The van der Waals surface area contributed by atoms with E-state index in [2.05, 4.69) is 40.4 Å². The van der Waals surface area contributed by atoms with Crippen LogP contribution in [0.3, 0.4) is 0 Å². The molecule has 2 saturated heterocycles. The van der Waals surface area contributed by atoms with Gasteiger partial charge in [0.25, 0.3) is 11.8 Å². The molecule has 5 heterocycles. The number of thiophene rings is 1. The largest absolute Gasteiger partial charge is 0.457 e. The van der Waals surface area contributed by atoms with Crippen LogP contribution < -0.4 is 20.3 Å². The Bertz CT molecular complexity index is 2060. The van der Waals surface area contributed by atoms with E-state index in [9.17, 15) is 19.6 Å². The van der Waals surface area contributed by atoms with Gasteiger partial charge in [0.1, 0.15) is 32.8 Å². The molecule has 0 bridgehead atoms. The van der Waals surface area contributed by atoms with Crippen molar-refractivity contribution < 1.29 is 19.1 Å². The fourth-order valence-electron chi connectivity index (χ4n) is 7.31. The third-order valence-corrected chi connectivity index (χ3v) is 11.0. The van der Waals surface area contributed by atoms with Crippen LogP contribution in [0.5, 0.6) is 11.5 Å². The molecular formula is C39H41N7O4S. The lowest BCUT2D eigenvalue weighted by Gasteiger charge is -2.39. The second-order valence-corrected chi connectivity index (χ2v) is 14.9. The van der Waals surface area contributed by atoms with Crippen molar-refractivity contribution in [2.45, 2.75) is 64.5 Å². The van der Waals surface area contributed by atoms with Crippen molar-refractivity contribution in [1.29, 1.82) is 5.26 Å². The summed E-state index contributed by atoms with van der Waals surface area (Å²) >= 11 is 1.22. The maximum Gasteiger partial charge on any atom is 0.331 e. The molecule has 1 unspecified atom stereocenters. The lowest BCUT2D eigenvalue weighted by molar-refractivity contribution is -0.128. The molecule has 7 rings (SSSR count). The maximum absolute atomic E-state index is 13.8. The molecular weight excluding hydrogens is 663 g/mol. The lowest BCUT2D eigenvalue weighted by atomic mass is 9.95. The number of nitriles is 1. The number of urea groups is 1. The fraction of sp³-hybridized carbons (Fsp3) is 0.359. The average molecular weight is 704 g/mol. The number of hydrogen-bond acceptors (Lipinski definition) is 8. The van der Waals surface area contributed by atoms with Crippen molar-refractivity contribution in [2.24, 2.45) is 0 Å². The molecule has 0 aliphatic carbocycles. The number of para-hydroxylation sites is 1. The fourth-order valence-corrected chi connectivity index (χ4v) is 8.33. The van der Waals surface area contributed by atoms with Crippen LogP contribution in [0.25, 0.3) is 10.2 Å². The van der Waals surface area contributed by atoms with Crippen LogP contribution in [0.15, 0.2) is 72.4 Å². The molecule has 2 fully saturated rings. The van der Waals surface area contributed by atoms with Gasteiger partial charge < -0.3 is 20.3 Å². The first-order chi connectivity index (χ1) is 24.6. The average Bonchev–Trinajstić information content (AvgIpc) is 3.51. The van der Waals surface area contributed by atoms with E-state index in [0.717, 1.165) is 31.5 Å². The minimum atomic E-state index is -0.418. The second kappa shape index (κ2) is 14.2. The van der Waals surface area contributed by atoms with E-state index in [-0.39, 0.29) is 29.5 Å². The van der Waals surface area contributed by atoms with Gasteiger partial charge in [0.05, 0.1) is 22.4 Å². The van der Waals surface area contributed by atoms with Crippen molar-refractivity contribution in [3.05, 3.63) is 82.9 Å². The first-order valence-electron chi connectivity index (χ1n) is 17.5. The molecule has 0 saturated carbocycles. The zero-order valence-electron chi connectivity index (χ0n) is 29.1. The molecule has 12 heteroatoms. The number of aromatic nitrogens is 1. The van der Waals surface area contributed by atoms with Crippen molar-refractivity contribution >= 4 is 56.5 Å². The molecule has 0 radical (unpaired) electrons. The summed E-state index contributed by atoms with van der Waals surface area (Å²) in [6.07, 6.45) is 8.25. The Morgan fingerprint density at radius 3 is 2.57 bits per heavy atom. The molecule has 4 amide bonds. The van der Waals surface area contributed by atoms with Gasteiger partial charge in [0, 0.05) is 30.9 Å². The number of carbonyl (C=O) groups excluding carboxylic acids is 3. The van der Waals surface area contributed by atoms with E-state index >= 15 is 0 Å². The van der Waals surface area contributed by atoms with Gasteiger partial charge >= 0.3 is 6.03 Å². The summed E-state index contributed by atoms with van der Waals surface area (Å²) in [6, 6.07) is 18.3. The SMILES string of the molecule is Cc1cc(Oc2ccccc2)ccc1N1C(=O)Nc2c(C(=O)NC3CCCN(C(=O)C(C#N)=CC(C)(C)N4CCCCC4)C3)sc3nccc1c23. The van der Waals surface area contributed by atoms with Crippen LogP contribution in [-0.4, -0.2) is 70.4 Å². The Balaban J connectivity index is 1.08. The number of benzene rings is 2. The van der Waals surface area contributed by atoms with Crippen molar-refractivity contribution in [3.8, 4) is 17.6 Å². The Morgan fingerprint density at radius 1 is 1.04 bits per heavy atom. The molecule has 262 valence electrons. The van der Waals surface area contributed by atoms with Crippen LogP contribution in [0.1, 0.15) is 61.2 Å². The van der Waals surface area contributed by atoms with Gasteiger partial charge in [-0.2, -0.15) is 5.26 Å². The molecule has 0 spiro atoms. The Morgan fingerprint density at radius 2 is 1.82 bits per heavy atom. The van der Waals surface area contributed by atoms with Gasteiger partial charge in [-0.05, 0) is 108 Å². The molecule has 11 nitrogen and oxygen atoms in total. The molecule has 2 aromatic carbocycles. The summed E-state index contributed by atoms with van der Waals surface area (Å²) in [5.74, 6) is 0.718. The quantitative estimate of drug-likeness (QED) is 0.143. The highest BCUT2D eigenvalue weighted by Gasteiger charge is 2.35. The van der Waals surface area contributed by atoms with E-state index in [4.69, 9.17) is 4.74 Å². The first-order valence-corrected chi connectivity index (χ1v) is 18.3. The van der Waals surface area contributed by atoms with E-state index in [1.807, 2.05) is 55.5 Å². The zero-order valence-corrected chi connectivity index (χ0v) is 29.9. The lowest BCUT2D eigenvalue weighted by Crippen LogP contribution is -2.50. The zero-order chi connectivity index (χ0) is 35.7. The van der Waals surface area contributed by atoms with Crippen molar-refractivity contribution in [3.63, 3.8) is 0 Å². The van der Waals surface area contributed by atoms with Gasteiger partial charge in [-0.25, -0.2) is 9.78 Å². The first kappa shape index (κ1) is 34.2. The summed E-state index contributed by atoms with van der Waals surface area (Å²) in [4.78, 5) is 52.3. The molecule has 51 heavy (non-hydrogen) atoms. The summed E-state index contributed by atoms with van der Waals surface area (Å²) in [5, 5.41) is 16.8. The maximum atomic E-state index is 13.8. The minimum absolute atomic E-state index is 0.131. The number of nitrogens with one attached hydrogen (secondary N) is 2. The number of likely N-dealkylation sites (tertiary alicyclic amines) is 2. The number of pyridine rings is 1. The number of aryl methyl sites for hydroxylation is 1. The monoisotopic (exact) mass is 703 g/mol. The van der Waals surface area contributed by atoms with Gasteiger partial charge in [-0.1, -0.05) is 24.6 Å². The number of anilines is 3. The number of rotatable bonds is 8. The third-order valence-electron chi connectivity index (χ3n) is 9.90. The smallest absolute Gasteiger partial charge is 0.331 e. The van der Waals surface area contributed by atoms with E-state index in [0.29, 0.717) is 69.6 Å².